The Hall–Kier alpha value is -3.51. The van der Waals surface area contributed by atoms with Gasteiger partial charge in [0.25, 0.3) is 0 Å². The maximum Gasteiger partial charge on any atom is 0.417 e. The van der Waals surface area contributed by atoms with E-state index in [0.717, 1.165) is 0 Å². The Balaban J connectivity index is 1.63. The van der Waals surface area contributed by atoms with Crippen LogP contribution in [-0.4, -0.2) is 12.2 Å². The second kappa shape index (κ2) is 8.73. The Morgan fingerprint density at radius 1 is 0.704 bits per heavy atom. The van der Waals surface area contributed by atoms with Crippen LogP contribution in [0.2, 0.25) is 5.02 Å². The Morgan fingerprint density at radius 3 is 1.78 bits per heavy atom. The Bertz CT molecular complexity index is 933. The molecule has 0 aromatic heterocycles. The smallest absolute Gasteiger partial charge is 0.410 e. The van der Waals surface area contributed by atoms with Gasteiger partial charge < -0.3 is 9.47 Å². The van der Waals surface area contributed by atoms with Gasteiger partial charge in [-0.2, -0.15) is 0 Å². The molecule has 2 amide bonds. The molecule has 0 aliphatic carbocycles. The lowest BCUT2D eigenvalue weighted by Crippen LogP contribution is -2.18. The van der Waals surface area contributed by atoms with Gasteiger partial charge in [-0.05, 0) is 36.4 Å². The van der Waals surface area contributed by atoms with Crippen molar-refractivity contribution in [2.45, 2.75) is 0 Å². The number of para-hydroxylation sites is 2. The number of ether oxygens (including phenoxy) is 2. The Morgan fingerprint density at radius 2 is 1.22 bits per heavy atom. The maximum atomic E-state index is 12.0. The predicted octanol–water partition coefficient (Wildman–Crippen LogP) is 5.56. The molecule has 0 saturated carbocycles. The second-order valence-electron chi connectivity index (χ2n) is 5.35. The summed E-state index contributed by atoms with van der Waals surface area (Å²) in [6.45, 7) is 0. The molecule has 0 saturated heterocycles. The number of carbonyl (C=O) groups excluding carboxylic acids is 2. The molecule has 3 aromatic rings. The molecule has 0 atom stereocenters. The van der Waals surface area contributed by atoms with E-state index in [4.69, 9.17) is 21.1 Å². The van der Waals surface area contributed by atoms with Gasteiger partial charge >= 0.3 is 12.2 Å². The molecule has 0 unspecified atom stereocenters. The standard InChI is InChI=1S/C20H15ClN2O4/c21-17-12-11-16(26-19(24)22-14-7-3-1-4-8-14)13-18(17)27-20(25)23-15-9-5-2-6-10-15/h1-13H,(H,22,24)(H,23,25). The van der Waals surface area contributed by atoms with Crippen molar-refractivity contribution in [1.82, 2.24) is 0 Å². The highest BCUT2D eigenvalue weighted by Gasteiger charge is 2.12. The van der Waals surface area contributed by atoms with E-state index in [1.807, 2.05) is 12.1 Å². The molecular weight excluding hydrogens is 368 g/mol. The third-order valence-corrected chi connectivity index (χ3v) is 3.67. The minimum Gasteiger partial charge on any atom is -0.410 e. The first-order chi connectivity index (χ1) is 13.1. The molecule has 2 N–H and O–H groups in total. The molecule has 0 bridgehead atoms. The summed E-state index contributed by atoms with van der Waals surface area (Å²) in [7, 11) is 0. The van der Waals surface area contributed by atoms with Gasteiger partial charge in [0, 0.05) is 17.4 Å². The number of anilines is 2. The van der Waals surface area contributed by atoms with Gasteiger partial charge in [0.15, 0.2) is 5.75 Å². The number of hydrogen-bond acceptors (Lipinski definition) is 4. The number of nitrogens with one attached hydrogen (secondary N) is 2. The summed E-state index contributed by atoms with van der Waals surface area (Å²) < 4.78 is 10.4. The molecule has 136 valence electrons. The van der Waals surface area contributed by atoms with E-state index in [2.05, 4.69) is 10.6 Å². The average Bonchev–Trinajstić information content (AvgIpc) is 2.66. The maximum absolute atomic E-state index is 12.0. The van der Waals surface area contributed by atoms with Crippen LogP contribution >= 0.6 is 11.6 Å². The molecule has 0 aliphatic heterocycles. The summed E-state index contributed by atoms with van der Waals surface area (Å²) in [4.78, 5) is 24.0. The van der Waals surface area contributed by atoms with E-state index < -0.39 is 12.2 Å². The van der Waals surface area contributed by atoms with Gasteiger partial charge in [-0.25, -0.2) is 9.59 Å². The van der Waals surface area contributed by atoms with E-state index in [1.54, 1.807) is 48.5 Å². The fourth-order valence-electron chi connectivity index (χ4n) is 2.16. The first kappa shape index (κ1) is 18.3. The lowest BCUT2D eigenvalue weighted by atomic mass is 10.3. The van der Waals surface area contributed by atoms with Crippen LogP contribution in [0.1, 0.15) is 0 Å². The van der Waals surface area contributed by atoms with E-state index in [0.29, 0.717) is 11.4 Å². The van der Waals surface area contributed by atoms with E-state index in [9.17, 15) is 9.59 Å². The van der Waals surface area contributed by atoms with Gasteiger partial charge in [0.05, 0.1) is 5.02 Å². The van der Waals surface area contributed by atoms with Crippen LogP contribution in [0.4, 0.5) is 21.0 Å². The first-order valence-electron chi connectivity index (χ1n) is 7.97. The predicted molar refractivity (Wildman–Crippen MR) is 104 cm³/mol. The molecule has 3 rings (SSSR count). The van der Waals surface area contributed by atoms with Crippen LogP contribution in [0.15, 0.2) is 78.9 Å². The molecule has 3 aromatic carbocycles. The number of rotatable bonds is 4. The summed E-state index contributed by atoms with van der Waals surface area (Å²) in [5.74, 6) is 0.241. The van der Waals surface area contributed by atoms with Crippen LogP contribution in [0.3, 0.4) is 0 Å². The van der Waals surface area contributed by atoms with Crippen molar-refractivity contribution in [3.05, 3.63) is 83.9 Å². The van der Waals surface area contributed by atoms with Crippen molar-refractivity contribution in [1.29, 1.82) is 0 Å². The van der Waals surface area contributed by atoms with Crippen LogP contribution in [-0.2, 0) is 0 Å². The lowest BCUT2D eigenvalue weighted by molar-refractivity contribution is 0.213. The zero-order chi connectivity index (χ0) is 19.1. The van der Waals surface area contributed by atoms with Crippen LogP contribution in [0.25, 0.3) is 0 Å². The van der Waals surface area contributed by atoms with Crippen molar-refractivity contribution in [2.24, 2.45) is 0 Å². The summed E-state index contributed by atoms with van der Waals surface area (Å²) in [6, 6.07) is 22.0. The molecular formula is C20H15ClN2O4. The molecule has 0 spiro atoms. The van der Waals surface area contributed by atoms with Crippen molar-refractivity contribution in [2.75, 3.05) is 10.6 Å². The molecule has 0 aliphatic rings. The largest absolute Gasteiger partial charge is 0.417 e. The zero-order valence-corrected chi connectivity index (χ0v) is 14.8. The van der Waals surface area contributed by atoms with Gasteiger partial charge in [-0.15, -0.1) is 0 Å². The molecule has 6 nitrogen and oxygen atoms in total. The van der Waals surface area contributed by atoms with Crippen LogP contribution in [0.5, 0.6) is 11.5 Å². The van der Waals surface area contributed by atoms with Gasteiger partial charge in [0.2, 0.25) is 0 Å². The fraction of sp³-hybridized carbons (Fsp3) is 0. The topological polar surface area (TPSA) is 76.7 Å². The van der Waals surface area contributed by atoms with Crippen LogP contribution < -0.4 is 20.1 Å². The monoisotopic (exact) mass is 382 g/mol. The first-order valence-corrected chi connectivity index (χ1v) is 8.35. The number of hydrogen-bond donors (Lipinski definition) is 2. The third kappa shape index (κ3) is 5.49. The molecule has 0 fully saturated rings. The van der Waals surface area contributed by atoms with E-state index in [-0.39, 0.29) is 16.5 Å². The highest BCUT2D eigenvalue weighted by Crippen LogP contribution is 2.29. The van der Waals surface area contributed by atoms with Crippen molar-refractivity contribution < 1.29 is 19.1 Å². The lowest BCUT2D eigenvalue weighted by Gasteiger charge is -2.10. The average molecular weight is 383 g/mol. The minimum absolute atomic E-state index is 0.0649. The SMILES string of the molecule is O=C(Nc1ccccc1)Oc1ccc(Cl)c(OC(=O)Nc2ccccc2)c1. The highest BCUT2D eigenvalue weighted by atomic mass is 35.5. The van der Waals surface area contributed by atoms with Crippen LogP contribution in [0, 0.1) is 0 Å². The third-order valence-electron chi connectivity index (χ3n) is 3.36. The second-order valence-corrected chi connectivity index (χ2v) is 5.76. The van der Waals surface area contributed by atoms with Crippen molar-refractivity contribution >= 4 is 35.2 Å². The Labute approximate surface area is 160 Å². The number of halogens is 1. The van der Waals surface area contributed by atoms with Gasteiger partial charge in [-0.3, -0.25) is 10.6 Å². The Kier molecular flexibility index (Phi) is 5.91. The zero-order valence-electron chi connectivity index (χ0n) is 14.0. The minimum atomic E-state index is -0.714. The van der Waals surface area contributed by atoms with E-state index >= 15 is 0 Å². The summed E-state index contributed by atoms with van der Waals surface area (Å²) in [5.41, 5.74) is 1.17. The normalized spacial score (nSPS) is 9.96. The van der Waals surface area contributed by atoms with Crippen molar-refractivity contribution in [3.8, 4) is 11.5 Å². The summed E-state index contributed by atoms with van der Waals surface area (Å²) in [6.07, 6.45) is -1.39. The molecule has 0 radical (unpaired) electrons. The summed E-state index contributed by atoms with van der Waals surface area (Å²) in [5, 5.41) is 5.36. The number of carbonyl (C=O) groups is 2. The van der Waals surface area contributed by atoms with E-state index in [1.165, 1.54) is 18.2 Å². The molecule has 7 heteroatoms. The quantitative estimate of drug-likeness (QED) is 0.619. The highest BCUT2D eigenvalue weighted by molar-refractivity contribution is 6.32. The molecule has 0 heterocycles. The number of benzene rings is 3. The summed E-state index contributed by atoms with van der Waals surface area (Å²) >= 11 is 6.05. The number of amides is 2. The van der Waals surface area contributed by atoms with Gasteiger partial charge in [-0.1, -0.05) is 48.0 Å². The van der Waals surface area contributed by atoms with Crippen molar-refractivity contribution in [3.63, 3.8) is 0 Å². The molecule has 27 heavy (non-hydrogen) atoms. The fourth-order valence-corrected chi connectivity index (χ4v) is 2.32. The van der Waals surface area contributed by atoms with Gasteiger partial charge in [0.1, 0.15) is 5.75 Å².